The maximum absolute atomic E-state index is 13.9. The largest absolute Gasteiger partial charge is 0.503 e. The summed E-state index contributed by atoms with van der Waals surface area (Å²) in [6.45, 7) is 5.44. The minimum atomic E-state index is -1.03. The molecule has 11 heteroatoms. The zero-order chi connectivity index (χ0) is 28.6. The van der Waals surface area contributed by atoms with E-state index in [-0.39, 0.29) is 15.6 Å². The summed E-state index contributed by atoms with van der Waals surface area (Å²) in [5.41, 5.74) is 2.28. The highest BCUT2D eigenvalue weighted by Gasteiger charge is 2.47. The second kappa shape index (κ2) is 11.0. The van der Waals surface area contributed by atoms with Crippen molar-refractivity contribution in [3.05, 3.63) is 103 Å². The number of aliphatic hydroxyl groups excluding tert-OH is 1. The number of carbonyl (C=O) groups is 3. The molecule has 3 heterocycles. The van der Waals surface area contributed by atoms with Crippen molar-refractivity contribution >= 4 is 45.5 Å². The first kappa shape index (κ1) is 27.2. The van der Waals surface area contributed by atoms with Crippen LogP contribution in [-0.2, 0) is 16.1 Å². The van der Waals surface area contributed by atoms with E-state index in [9.17, 15) is 19.5 Å². The number of carbonyl (C=O) groups excluding carboxylic acids is 3. The van der Waals surface area contributed by atoms with Gasteiger partial charge in [0.15, 0.2) is 10.9 Å². The van der Waals surface area contributed by atoms with Crippen molar-refractivity contribution < 1.29 is 29.0 Å². The maximum Gasteiger partial charge on any atom is 0.350 e. The number of rotatable bonds is 8. The fourth-order valence-electron chi connectivity index (χ4n) is 4.50. The van der Waals surface area contributed by atoms with Gasteiger partial charge in [-0.25, -0.2) is 14.8 Å². The van der Waals surface area contributed by atoms with Gasteiger partial charge in [0.25, 0.3) is 5.91 Å². The number of nitrogens with zero attached hydrogens (tertiary/aromatic N) is 3. The van der Waals surface area contributed by atoms with Gasteiger partial charge in [-0.05, 0) is 44.0 Å². The zero-order valence-corrected chi connectivity index (χ0v) is 23.8. The quantitative estimate of drug-likeness (QED) is 0.211. The Kier molecular flexibility index (Phi) is 7.51. The van der Waals surface area contributed by atoms with Crippen LogP contribution in [0.25, 0.3) is 0 Å². The number of Topliss-reactive ketones (excluding diaryl/α,β-unsaturated/α-hetero) is 1. The lowest BCUT2D eigenvalue weighted by Gasteiger charge is -2.25. The normalized spacial score (nSPS) is 15.1. The number of hydrogen-bond acceptors (Lipinski definition) is 10. The van der Waals surface area contributed by atoms with E-state index in [1.54, 1.807) is 45.0 Å². The second-order valence-corrected chi connectivity index (χ2v) is 11.2. The highest BCUT2D eigenvalue weighted by atomic mass is 32.1. The van der Waals surface area contributed by atoms with Gasteiger partial charge in [-0.3, -0.25) is 14.5 Å². The van der Waals surface area contributed by atoms with E-state index in [4.69, 9.17) is 9.47 Å². The number of esters is 1. The Bertz CT molecular complexity index is 1660. The average Bonchev–Trinajstić information content (AvgIpc) is 3.59. The van der Waals surface area contributed by atoms with Crippen molar-refractivity contribution in [2.45, 2.75) is 33.4 Å². The van der Waals surface area contributed by atoms with E-state index in [0.717, 1.165) is 16.9 Å². The molecule has 2 aromatic heterocycles. The summed E-state index contributed by atoms with van der Waals surface area (Å²) in [6.07, 6.45) is 0. The van der Waals surface area contributed by atoms with Crippen molar-refractivity contribution in [2.75, 3.05) is 12.0 Å². The number of methoxy groups -OCH3 is 1. The number of aromatic nitrogens is 2. The number of hydrogen-bond donors (Lipinski definition) is 1. The molecule has 2 aromatic carbocycles. The second-order valence-electron chi connectivity index (χ2n) is 9.07. The summed E-state index contributed by atoms with van der Waals surface area (Å²) >= 11 is 2.15. The number of benzene rings is 2. The lowest BCUT2D eigenvalue weighted by molar-refractivity contribution is -0.117. The number of ketones is 1. The van der Waals surface area contributed by atoms with Crippen LogP contribution in [-0.4, -0.2) is 39.8 Å². The van der Waals surface area contributed by atoms with Gasteiger partial charge in [0.2, 0.25) is 5.78 Å². The molecule has 0 bridgehead atoms. The molecule has 1 aliphatic rings. The Morgan fingerprint density at radius 3 is 2.38 bits per heavy atom. The zero-order valence-electron chi connectivity index (χ0n) is 22.1. The Hall–Kier alpha value is -4.35. The topological polar surface area (TPSA) is 119 Å². The van der Waals surface area contributed by atoms with Crippen LogP contribution in [0.2, 0.25) is 0 Å². The summed E-state index contributed by atoms with van der Waals surface area (Å²) in [5.74, 6) is -2.05. The van der Waals surface area contributed by atoms with Crippen molar-refractivity contribution in [2.24, 2.45) is 0 Å². The lowest BCUT2D eigenvalue weighted by atomic mass is 9.95. The van der Waals surface area contributed by atoms with Gasteiger partial charge < -0.3 is 14.6 Å². The average molecular weight is 576 g/mol. The molecule has 9 nitrogen and oxygen atoms in total. The number of aliphatic hydroxyl groups is 1. The van der Waals surface area contributed by atoms with E-state index in [0.29, 0.717) is 39.2 Å². The molecule has 1 atom stereocenters. The van der Waals surface area contributed by atoms with E-state index < -0.39 is 29.5 Å². The number of anilines is 1. The van der Waals surface area contributed by atoms with E-state index in [1.165, 1.54) is 23.3 Å². The first-order valence-corrected chi connectivity index (χ1v) is 13.9. The maximum atomic E-state index is 13.9. The van der Waals surface area contributed by atoms with Crippen molar-refractivity contribution in [1.29, 1.82) is 0 Å². The van der Waals surface area contributed by atoms with Gasteiger partial charge in [-0.2, -0.15) is 0 Å². The summed E-state index contributed by atoms with van der Waals surface area (Å²) in [6, 6.07) is 15.6. The minimum absolute atomic E-state index is 0.0931. The fraction of sp³-hybridized carbons (Fsp3) is 0.207. The summed E-state index contributed by atoms with van der Waals surface area (Å²) in [7, 11) is 1.26. The summed E-state index contributed by atoms with van der Waals surface area (Å²) < 4.78 is 10.9. The van der Waals surface area contributed by atoms with Gasteiger partial charge in [0.05, 0.1) is 40.0 Å². The Labute approximate surface area is 238 Å². The third-order valence-electron chi connectivity index (χ3n) is 6.35. The molecule has 1 aliphatic heterocycles. The van der Waals surface area contributed by atoms with Crippen LogP contribution < -0.4 is 9.64 Å². The van der Waals surface area contributed by atoms with Crippen molar-refractivity contribution in [3.8, 4) is 5.75 Å². The van der Waals surface area contributed by atoms with Crippen LogP contribution in [0.1, 0.15) is 52.9 Å². The molecule has 1 unspecified atom stereocenters. The lowest BCUT2D eigenvalue weighted by Crippen LogP contribution is -2.31. The highest BCUT2D eigenvalue weighted by Crippen LogP contribution is 2.45. The molecule has 1 amide bonds. The predicted molar refractivity (Wildman–Crippen MR) is 151 cm³/mol. The molecule has 0 fully saturated rings. The number of amides is 1. The van der Waals surface area contributed by atoms with Gasteiger partial charge >= 0.3 is 5.97 Å². The summed E-state index contributed by atoms with van der Waals surface area (Å²) in [5, 5.41) is 11.9. The predicted octanol–water partition coefficient (Wildman–Crippen LogP) is 5.67. The molecule has 0 radical (unpaired) electrons. The Morgan fingerprint density at radius 2 is 1.70 bits per heavy atom. The van der Waals surface area contributed by atoms with Gasteiger partial charge in [-0.1, -0.05) is 53.8 Å². The van der Waals surface area contributed by atoms with E-state index in [2.05, 4.69) is 9.97 Å². The van der Waals surface area contributed by atoms with Crippen LogP contribution in [0.15, 0.2) is 65.9 Å². The fourth-order valence-corrected chi connectivity index (χ4v) is 6.38. The molecule has 0 aliphatic carbocycles. The smallest absolute Gasteiger partial charge is 0.350 e. The Balaban J connectivity index is 1.60. The number of ether oxygens (including phenoxy) is 2. The van der Waals surface area contributed by atoms with Crippen LogP contribution in [0.4, 0.5) is 5.13 Å². The van der Waals surface area contributed by atoms with Crippen molar-refractivity contribution in [3.63, 3.8) is 0 Å². The molecule has 0 saturated carbocycles. The van der Waals surface area contributed by atoms with E-state index >= 15 is 0 Å². The Morgan fingerprint density at radius 1 is 0.975 bits per heavy atom. The number of aryl methyl sites for hydroxylation is 3. The van der Waals surface area contributed by atoms with Crippen LogP contribution in [0.3, 0.4) is 0 Å². The first-order valence-electron chi connectivity index (χ1n) is 12.3. The summed E-state index contributed by atoms with van der Waals surface area (Å²) in [4.78, 5) is 50.3. The van der Waals surface area contributed by atoms with Gasteiger partial charge in [0.1, 0.15) is 17.2 Å². The van der Waals surface area contributed by atoms with Crippen molar-refractivity contribution in [1.82, 2.24) is 9.97 Å². The van der Waals surface area contributed by atoms with E-state index in [1.807, 2.05) is 30.3 Å². The molecule has 0 saturated heterocycles. The molecule has 4 aromatic rings. The standard InChI is InChI=1S/C29H25N3O6S2/c1-15-25(39-17(3)30-15)23(33)21-22(19-11-8-12-20(13-19)38-14-18-9-6-5-7-10-18)32(27(35)24(21)34)29-31-16(2)26(40-29)28(36)37-4/h5-13,22,34H,14H2,1-4H3. The van der Waals surface area contributed by atoms with Gasteiger partial charge in [0, 0.05) is 0 Å². The van der Waals surface area contributed by atoms with Gasteiger partial charge in [-0.15, -0.1) is 11.3 Å². The molecule has 40 heavy (non-hydrogen) atoms. The highest BCUT2D eigenvalue weighted by molar-refractivity contribution is 7.17. The third kappa shape index (κ3) is 5.01. The number of thiazole rings is 2. The molecule has 1 N–H and O–H groups in total. The third-order valence-corrected chi connectivity index (χ3v) is 8.56. The minimum Gasteiger partial charge on any atom is -0.503 e. The van der Waals surface area contributed by atoms with Crippen LogP contribution >= 0.6 is 22.7 Å². The monoisotopic (exact) mass is 575 g/mol. The molecule has 5 rings (SSSR count). The van der Waals surface area contributed by atoms with Crippen LogP contribution in [0, 0.1) is 20.8 Å². The SMILES string of the molecule is COC(=O)c1sc(N2C(=O)C(O)=C(C(=O)c3sc(C)nc3C)C2c2cccc(OCc3ccccc3)c2)nc1C. The van der Waals surface area contributed by atoms with Crippen LogP contribution in [0.5, 0.6) is 5.75 Å². The molecular weight excluding hydrogens is 550 g/mol. The molecular formula is C29H25N3O6S2. The molecule has 204 valence electrons. The first-order chi connectivity index (χ1) is 19.2. The molecule has 0 spiro atoms.